The molecule has 0 fully saturated rings. The van der Waals surface area contributed by atoms with Gasteiger partial charge in [0, 0.05) is 0 Å². The first-order valence-electron chi connectivity index (χ1n) is 5.12. The zero-order valence-electron chi connectivity index (χ0n) is 9.96. The van der Waals surface area contributed by atoms with Crippen molar-refractivity contribution in [2.45, 2.75) is 38.7 Å². The second-order valence-corrected chi connectivity index (χ2v) is 3.37. The summed E-state index contributed by atoms with van der Waals surface area (Å²) in [5.41, 5.74) is 0. The van der Waals surface area contributed by atoms with Crippen molar-refractivity contribution < 1.29 is 14.3 Å². The Morgan fingerprint density at radius 2 is 1.65 bits per heavy atom. The third kappa shape index (κ3) is 10.9. The molecule has 0 aliphatic carbocycles. The molecule has 0 atom stereocenters. The second kappa shape index (κ2) is 11.0. The molecule has 1 amide bonds. The van der Waals surface area contributed by atoms with Crippen LogP contribution in [0.3, 0.4) is 0 Å². The summed E-state index contributed by atoms with van der Waals surface area (Å²) >= 11 is 0. The summed E-state index contributed by atoms with van der Waals surface area (Å²) in [6, 6.07) is 0. The molecule has 0 heterocycles. The maximum absolute atomic E-state index is 11.2. The van der Waals surface area contributed by atoms with Crippen LogP contribution in [0, 0.1) is 13.8 Å². The molecule has 0 bridgehead atoms. The van der Waals surface area contributed by atoms with E-state index in [9.17, 15) is 9.59 Å². The molecule has 0 aliphatic heterocycles. The molecule has 0 aliphatic rings. The summed E-state index contributed by atoms with van der Waals surface area (Å²) in [7, 11) is 0. The molecule has 6 heteroatoms. The first kappa shape index (κ1) is 19.5. The van der Waals surface area contributed by atoms with Gasteiger partial charge in [0.2, 0.25) is 0 Å². The van der Waals surface area contributed by atoms with E-state index in [-0.39, 0.29) is 18.4 Å². The molecule has 4 nitrogen and oxygen atoms in total. The van der Waals surface area contributed by atoms with Crippen LogP contribution in [-0.2, 0) is 9.53 Å². The van der Waals surface area contributed by atoms with Crippen molar-refractivity contribution in [3.8, 4) is 0 Å². The van der Waals surface area contributed by atoms with Crippen LogP contribution in [0.5, 0.6) is 0 Å². The quantitative estimate of drug-likeness (QED) is 0.412. The van der Waals surface area contributed by atoms with E-state index < -0.39 is 6.09 Å². The predicted octanol–water partition coefficient (Wildman–Crippen LogP) is 1.90. The van der Waals surface area contributed by atoms with Crippen LogP contribution in [0.1, 0.15) is 32.6 Å². The number of amides is 1. The van der Waals surface area contributed by atoms with Crippen molar-refractivity contribution in [3.63, 3.8) is 0 Å². The summed E-state index contributed by atoms with van der Waals surface area (Å²) in [5, 5.41) is 2.38. The molecule has 0 rings (SSSR count). The van der Waals surface area contributed by atoms with Crippen LogP contribution in [0.15, 0.2) is 0 Å². The Hall–Kier alpha value is -3.06. The van der Waals surface area contributed by atoms with E-state index in [4.69, 9.17) is 4.74 Å². The Bertz CT molecular complexity index is 207. The van der Waals surface area contributed by atoms with Gasteiger partial charge >= 0.3 is 6.09 Å². The first-order chi connectivity index (χ1) is 7.10. The molecule has 104 valence electrons. The molecule has 0 unspecified atom stereocenters. The Balaban J connectivity index is -0.000000980. The number of Topliss-reactive ketones (excluding diaryl/α,β-unsaturated/α-hetero) is 1. The summed E-state index contributed by atoms with van der Waals surface area (Å²) in [5.74, 6) is -0.0992. The minimum Gasteiger partial charge on any atom is -0.446 e. The fourth-order valence-electron chi connectivity index (χ4n) is 1.11. The van der Waals surface area contributed by atoms with Crippen LogP contribution in [0.2, 0.25) is 0 Å². The second-order valence-electron chi connectivity index (χ2n) is 3.37. The molecule has 0 saturated heterocycles. The van der Waals surface area contributed by atoms with Gasteiger partial charge in [0.1, 0.15) is 5.78 Å². The minimum atomic E-state index is -0.544. The van der Waals surface area contributed by atoms with Crippen LogP contribution < -0.4 is 5.32 Å². The predicted molar refractivity (Wildman–Crippen MR) is 58.1 cm³/mol. The average Bonchev–Trinajstić information content (AvgIpc) is 2.15. The number of carbonyl (C=O) groups is 2. The SMILES string of the molecule is [CH2-]CCC(CC[CH2-])OC(=O)NCC(C)=O.[Cm].[Cm]. The summed E-state index contributed by atoms with van der Waals surface area (Å²) in [4.78, 5) is 21.8. The summed E-state index contributed by atoms with van der Waals surface area (Å²) < 4.78 is 5.10. The number of alkyl carbamates (subject to hydrolysis) is 1. The minimum absolute atomic E-state index is 0. The van der Waals surface area contributed by atoms with E-state index >= 15 is 0 Å². The zero-order valence-corrected chi connectivity index (χ0v) is 15.8. The average molecular weight is 707 g/mol. The monoisotopic (exact) mass is 699 g/mol. The third-order valence-corrected chi connectivity index (χ3v) is 1.81. The van der Waals surface area contributed by atoms with E-state index in [1.54, 1.807) is 0 Å². The largest absolute Gasteiger partial charge is 0.446 e. The van der Waals surface area contributed by atoms with Gasteiger partial charge in [-0.25, -0.2) is 4.79 Å². The fraction of sp³-hybridized carbons (Fsp3) is 0.636. The van der Waals surface area contributed by atoms with Gasteiger partial charge in [-0.15, -0.1) is 0 Å². The van der Waals surface area contributed by atoms with Crippen molar-refractivity contribution in [3.05, 3.63) is 13.8 Å². The Labute approximate surface area is 91.4 Å². The molecule has 0 aromatic carbocycles. The van der Waals surface area contributed by atoms with Gasteiger partial charge in [0.05, 0.1) is 12.6 Å². The van der Waals surface area contributed by atoms with Crippen molar-refractivity contribution in [1.29, 1.82) is 0 Å². The van der Waals surface area contributed by atoms with Crippen molar-refractivity contribution in [2.24, 2.45) is 0 Å². The standard InChI is InChI=1S/C11H19NO3.2Cm/c1-4-6-10(7-5-2)15-11(14)12-8-9(3)13;;/h10H,1-2,4-8H2,3H3,(H,12,14);;/q-2;;. The van der Waals surface area contributed by atoms with Crippen LogP contribution in [-0.4, -0.2) is 24.5 Å². The van der Waals surface area contributed by atoms with Gasteiger partial charge in [0.25, 0.3) is 0 Å². The summed E-state index contributed by atoms with van der Waals surface area (Å²) in [6.45, 7) is 8.83. The Morgan fingerprint density at radius 1 is 1.18 bits per heavy atom. The van der Waals surface area contributed by atoms with Gasteiger partial charge < -0.3 is 23.9 Å². The normalized spacial score (nSPS) is 8.94. The number of nitrogens with one attached hydrogen (secondary N) is 1. The van der Waals surface area contributed by atoms with E-state index in [2.05, 4.69) is 19.2 Å². The first-order valence-corrected chi connectivity index (χ1v) is 5.12. The maximum Gasteiger partial charge on any atom is 0.407 e. The number of hydrogen-bond acceptors (Lipinski definition) is 3. The molecule has 0 saturated carbocycles. The van der Waals surface area contributed by atoms with Crippen molar-refractivity contribution >= 4 is 11.9 Å². The zero-order chi connectivity index (χ0) is 11.7. The smallest absolute Gasteiger partial charge is 0.407 e. The van der Waals surface area contributed by atoms with Crippen LogP contribution >= 0.6 is 0 Å². The van der Waals surface area contributed by atoms with Gasteiger partial charge in [-0.2, -0.15) is 12.8 Å². The van der Waals surface area contributed by atoms with Crippen LogP contribution in [0.4, 0.5) is 4.79 Å². The van der Waals surface area contributed by atoms with Crippen molar-refractivity contribution in [2.75, 3.05) is 6.54 Å². The molecule has 0 radical (unpaired) electrons. The molecule has 0 aromatic heterocycles. The molecule has 0 spiro atoms. The number of carbonyl (C=O) groups excluding carboxylic acids is 2. The Kier molecular flexibility index (Phi) is 12.6. The number of hydrogen-bond donors (Lipinski definition) is 1. The molecule has 1 N–H and O–H groups in total. The number of rotatable bonds is 7. The van der Waals surface area contributed by atoms with Gasteiger partial charge in [-0.05, 0) is 19.8 Å². The van der Waals surface area contributed by atoms with E-state index in [0.29, 0.717) is 12.8 Å². The molecular formula is C11H19Cm2NO3-2. The molecular weight excluding hydrogens is 688 g/mol. The van der Waals surface area contributed by atoms with Gasteiger partial charge in [0.15, 0.2) is 0 Å². The maximum atomic E-state index is 11.2. The van der Waals surface area contributed by atoms with Gasteiger partial charge in [-0.1, -0.05) is 0 Å². The van der Waals surface area contributed by atoms with E-state index in [1.807, 2.05) is 0 Å². The number of ketones is 1. The van der Waals surface area contributed by atoms with Crippen LogP contribution in [0.25, 0.3) is 0 Å². The fourth-order valence-corrected chi connectivity index (χ4v) is 1.11. The third-order valence-electron chi connectivity index (χ3n) is 1.81. The number of ether oxygens (including phenoxy) is 1. The Morgan fingerprint density at radius 3 is 2.00 bits per heavy atom. The molecule has 0 aromatic rings. The van der Waals surface area contributed by atoms with Crippen molar-refractivity contribution in [1.82, 2.24) is 5.32 Å². The van der Waals surface area contributed by atoms with E-state index in [0.717, 1.165) is 12.8 Å². The summed E-state index contributed by atoms with van der Waals surface area (Å²) in [6.07, 6.45) is 2.19. The molecule has 17 heavy (non-hydrogen) atoms. The topological polar surface area (TPSA) is 55.4 Å². The van der Waals surface area contributed by atoms with Gasteiger partial charge in [-0.3, -0.25) is 4.79 Å². The van der Waals surface area contributed by atoms with E-state index in [1.165, 1.54) is 6.92 Å².